The highest BCUT2D eigenvalue weighted by Crippen LogP contribution is 2.19. The summed E-state index contributed by atoms with van der Waals surface area (Å²) in [5.74, 6) is 0.314. The molecular formula is C14H10N6O. The number of nitrogens with one attached hydrogen (secondary N) is 3. The van der Waals surface area contributed by atoms with E-state index >= 15 is 0 Å². The molecule has 0 spiro atoms. The van der Waals surface area contributed by atoms with Crippen molar-refractivity contribution < 1.29 is 4.79 Å². The number of pyridine rings is 1. The lowest BCUT2D eigenvalue weighted by atomic mass is 10.2. The number of carbonyl (C=O) groups is 1. The Morgan fingerprint density at radius 3 is 3.10 bits per heavy atom. The standard InChI is InChI=1S/C14H10N6O/c21-14(8-3-4-10-11(6-8)17-7-16-10)18-13-9-2-1-5-15-12(9)19-20-13/h1-7H,(H,16,17)(H2,15,18,19,20,21). The Bertz CT molecular complexity index is 954. The maximum absolute atomic E-state index is 12.3. The lowest BCUT2D eigenvalue weighted by Gasteiger charge is -2.03. The Hall–Kier alpha value is -3.22. The van der Waals surface area contributed by atoms with E-state index in [0.717, 1.165) is 16.4 Å². The number of carbonyl (C=O) groups excluding carboxylic acids is 1. The molecule has 4 rings (SSSR count). The SMILES string of the molecule is O=C(Nc1[nH]nc2ncccc12)c1ccc2nc[nH]c2c1. The molecule has 1 aromatic carbocycles. The first-order chi connectivity index (χ1) is 10.3. The maximum Gasteiger partial charge on any atom is 0.256 e. The fraction of sp³-hybridized carbons (Fsp3) is 0. The van der Waals surface area contributed by atoms with Gasteiger partial charge >= 0.3 is 0 Å². The highest BCUT2D eigenvalue weighted by atomic mass is 16.1. The van der Waals surface area contributed by atoms with Crippen molar-refractivity contribution >= 4 is 33.8 Å². The molecule has 4 aromatic rings. The van der Waals surface area contributed by atoms with Crippen LogP contribution < -0.4 is 5.32 Å². The van der Waals surface area contributed by atoms with Crippen LogP contribution in [-0.2, 0) is 0 Å². The van der Waals surface area contributed by atoms with Crippen LogP contribution in [0.4, 0.5) is 5.82 Å². The van der Waals surface area contributed by atoms with Crippen LogP contribution in [0, 0.1) is 0 Å². The van der Waals surface area contributed by atoms with Crippen LogP contribution in [0.5, 0.6) is 0 Å². The van der Waals surface area contributed by atoms with Gasteiger partial charge in [0.25, 0.3) is 5.91 Å². The van der Waals surface area contributed by atoms with Crippen molar-refractivity contribution in [1.29, 1.82) is 0 Å². The number of amides is 1. The van der Waals surface area contributed by atoms with Crippen molar-refractivity contribution in [3.63, 3.8) is 0 Å². The normalized spacial score (nSPS) is 11.0. The minimum absolute atomic E-state index is 0.221. The van der Waals surface area contributed by atoms with Gasteiger partial charge in [-0.15, -0.1) is 0 Å². The lowest BCUT2D eigenvalue weighted by molar-refractivity contribution is 0.102. The zero-order chi connectivity index (χ0) is 14.2. The summed E-state index contributed by atoms with van der Waals surface area (Å²) < 4.78 is 0. The molecule has 21 heavy (non-hydrogen) atoms. The molecule has 0 radical (unpaired) electrons. The predicted octanol–water partition coefficient (Wildman–Crippen LogP) is 2.09. The lowest BCUT2D eigenvalue weighted by Crippen LogP contribution is -2.12. The fourth-order valence-electron chi connectivity index (χ4n) is 2.21. The Morgan fingerprint density at radius 2 is 2.14 bits per heavy atom. The average molecular weight is 278 g/mol. The summed E-state index contributed by atoms with van der Waals surface area (Å²) in [7, 11) is 0. The van der Waals surface area contributed by atoms with E-state index in [0.29, 0.717) is 17.0 Å². The molecule has 0 unspecified atom stereocenters. The molecule has 0 bridgehead atoms. The van der Waals surface area contributed by atoms with Crippen LogP contribution in [0.2, 0.25) is 0 Å². The van der Waals surface area contributed by atoms with Gasteiger partial charge < -0.3 is 10.3 Å². The summed E-state index contributed by atoms with van der Waals surface area (Å²) in [4.78, 5) is 23.5. The van der Waals surface area contributed by atoms with Crippen LogP contribution >= 0.6 is 0 Å². The second kappa shape index (κ2) is 4.41. The topological polar surface area (TPSA) is 99.3 Å². The first-order valence-corrected chi connectivity index (χ1v) is 6.35. The first kappa shape index (κ1) is 11.6. The third-order valence-electron chi connectivity index (χ3n) is 3.25. The van der Waals surface area contributed by atoms with E-state index in [1.807, 2.05) is 6.07 Å². The number of imidazole rings is 1. The van der Waals surface area contributed by atoms with Crippen molar-refractivity contribution in [1.82, 2.24) is 25.1 Å². The van der Waals surface area contributed by atoms with Gasteiger partial charge in [-0.1, -0.05) is 0 Å². The van der Waals surface area contributed by atoms with E-state index in [2.05, 4.69) is 30.5 Å². The van der Waals surface area contributed by atoms with Gasteiger partial charge in [0.05, 0.1) is 22.7 Å². The van der Waals surface area contributed by atoms with Crippen LogP contribution in [0.25, 0.3) is 22.1 Å². The summed E-state index contributed by atoms with van der Waals surface area (Å²) in [5, 5.41) is 10.4. The Labute approximate surface area is 118 Å². The summed E-state index contributed by atoms with van der Waals surface area (Å²) >= 11 is 0. The van der Waals surface area contributed by atoms with Crippen LogP contribution in [0.3, 0.4) is 0 Å². The molecule has 3 N–H and O–H groups in total. The van der Waals surface area contributed by atoms with E-state index in [-0.39, 0.29) is 5.91 Å². The molecule has 3 heterocycles. The minimum atomic E-state index is -0.221. The van der Waals surface area contributed by atoms with Gasteiger partial charge in [-0.2, -0.15) is 5.10 Å². The van der Waals surface area contributed by atoms with Crippen molar-refractivity contribution in [2.75, 3.05) is 5.32 Å². The number of hydrogen-bond acceptors (Lipinski definition) is 4. The number of anilines is 1. The van der Waals surface area contributed by atoms with Gasteiger partial charge in [0.15, 0.2) is 5.65 Å². The Balaban J connectivity index is 1.68. The fourth-order valence-corrected chi connectivity index (χ4v) is 2.21. The number of fused-ring (bicyclic) bond motifs is 2. The zero-order valence-electron chi connectivity index (χ0n) is 10.8. The van der Waals surface area contributed by atoms with E-state index in [1.165, 1.54) is 0 Å². The number of hydrogen-bond donors (Lipinski definition) is 3. The van der Waals surface area contributed by atoms with E-state index in [1.54, 1.807) is 36.8 Å². The minimum Gasteiger partial charge on any atom is -0.345 e. The van der Waals surface area contributed by atoms with Crippen molar-refractivity contribution in [2.45, 2.75) is 0 Å². The highest BCUT2D eigenvalue weighted by Gasteiger charge is 2.11. The molecule has 102 valence electrons. The second-order valence-electron chi connectivity index (χ2n) is 4.56. The monoisotopic (exact) mass is 278 g/mol. The largest absolute Gasteiger partial charge is 0.345 e. The van der Waals surface area contributed by atoms with Gasteiger partial charge in [-0.3, -0.25) is 9.89 Å². The molecule has 7 heteroatoms. The van der Waals surface area contributed by atoms with Crippen LogP contribution in [0.1, 0.15) is 10.4 Å². The number of benzene rings is 1. The van der Waals surface area contributed by atoms with Gasteiger partial charge in [0, 0.05) is 11.8 Å². The van der Waals surface area contributed by atoms with Gasteiger partial charge in [-0.05, 0) is 30.3 Å². The van der Waals surface area contributed by atoms with Crippen LogP contribution in [0.15, 0.2) is 42.9 Å². The molecule has 0 aliphatic heterocycles. The zero-order valence-corrected chi connectivity index (χ0v) is 10.8. The predicted molar refractivity (Wildman–Crippen MR) is 77.9 cm³/mol. The number of aromatic nitrogens is 5. The number of rotatable bonds is 2. The molecule has 3 aromatic heterocycles. The van der Waals surface area contributed by atoms with Crippen molar-refractivity contribution in [2.24, 2.45) is 0 Å². The van der Waals surface area contributed by atoms with E-state index in [4.69, 9.17) is 0 Å². The van der Waals surface area contributed by atoms with Gasteiger partial charge in [0.1, 0.15) is 5.82 Å². The molecule has 0 saturated heterocycles. The summed E-state index contributed by atoms with van der Waals surface area (Å²) in [5.41, 5.74) is 2.75. The molecule has 0 fully saturated rings. The quantitative estimate of drug-likeness (QED) is 0.522. The molecule has 0 aliphatic carbocycles. The van der Waals surface area contributed by atoms with E-state index < -0.39 is 0 Å². The molecular weight excluding hydrogens is 268 g/mol. The second-order valence-corrected chi connectivity index (χ2v) is 4.56. The third kappa shape index (κ3) is 1.91. The van der Waals surface area contributed by atoms with E-state index in [9.17, 15) is 4.79 Å². The molecule has 0 aliphatic rings. The van der Waals surface area contributed by atoms with Gasteiger partial charge in [-0.25, -0.2) is 9.97 Å². The first-order valence-electron chi connectivity index (χ1n) is 6.35. The molecule has 0 saturated carbocycles. The van der Waals surface area contributed by atoms with Gasteiger partial charge in [0.2, 0.25) is 0 Å². The third-order valence-corrected chi connectivity index (χ3v) is 3.25. The summed E-state index contributed by atoms with van der Waals surface area (Å²) in [6.07, 6.45) is 3.25. The average Bonchev–Trinajstić information content (AvgIpc) is 3.13. The highest BCUT2D eigenvalue weighted by molar-refractivity contribution is 6.08. The molecule has 7 nitrogen and oxygen atoms in total. The van der Waals surface area contributed by atoms with Crippen molar-refractivity contribution in [3.8, 4) is 0 Å². The number of nitrogens with zero attached hydrogens (tertiary/aromatic N) is 3. The van der Waals surface area contributed by atoms with Crippen LogP contribution in [-0.4, -0.2) is 31.1 Å². The Morgan fingerprint density at radius 1 is 1.19 bits per heavy atom. The summed E-state index contributed by atoms with van der Waals surface area (Å²) in [6, 6.07) is 8.93. The smallest absolute Gasteiger partial charge is 0.256 e. The summed E-state index contributed by atoms with van der Waals surface area (Å²) in [6.45, 7) is 0. The number of aromatic amines is 2. The van der Waals surface area contributed by atoms with Crippen molar-refractivity contribution in [3.05, 3.63) is 48.4 Å². The number of H-pyrrole nitrogens is 2. The Kier molecular flexibility index (Phi) is 2.43. The molecule has 0 atom stereocenters. The molecule has 1 amide bonds. The maximum atomic E-state index is 12.3.